The molecule has 1 fully saturated rings. The summed E-state index contributed by atoms with van der Waals surface area (Å²) in [6.07, 6.45) is 1.99. The summed E-state index contributed by atoms with van der Waals surface area (Å²) in [7, 11) is 0. The van der Waals surface area contributed by atoms with Gasteiger partial charge in [-0.2, -0.15) is 0 Å². The largest absolute Gasteiger partial charge is 0.508 e. The van der Waals surface area contributed by atoms with Crippen LogP contribution in [-0.4, -0.2) is 51.6 Å². The SMILES string of the molecule is C/C(=C\c1cccc(O)c1)CC[C@@H](O)C1=C(CO)C[C@H]2C(=O)N(c3ccccc3)C(=O)[C@H]2[C@H]1CO. The first-order valence-corrected chi connectivity index (χ1v) is 11.9. The number of aliphatic hydroxyl groups excluding tert-OH is 3. The van der Waals surface area contributed by atoms with E-state index in [4.69, 9.17) is 0 Å². The van der Waals surface area contributed by atoms with E-state index >= 15 is 0 Å². The molecule has 2 aromatic rings. The van der Waals surface area contributed by atoms with Crippen LogP contribution in [0.2, 0.25) is 0 Å². The molecule has 4 N–H and O–H groups in total. The Labute approximate surface area is 204 Å². The zero-order valence-electron chi connectivity index (χ0n) is 19.7. The minimum absolute atomic E-state index is 0.173. The molecule has 7 heteroatoms. The maximum atomic E-state index is 13.4. The molecule has 1 aliphatic heterocycles. The molecule has 184 valence electrons. The summed E-state index contributed by atoms with van der Waals surface area (Å²) in [6, 6.07) is 15.6. The van der Waals surface area contributed by atoms with Crippen molar-refractivity contribution in [2.24, 2.45) is 17.8 Å². The highest BCUT2D eigenvalue weighted by Crippen LogP contribution is 2.47. The highest BCUT2D eigenvalue weighted by Gasteiger charge is 2.55. The van der Waals surface area contributed by atoms with Gasteiger partial charge in [0.2, 0.25) is 11.8 Å². The number of nitrogens with zero attached hydrogens (tertiary/aromatic N) is 1. The van der Waals surface area contributed by atoms with E-state index in [0.29, 0.717) is 29.7 Å². The van der Waals surface area contributed by atoms with Gasteiger partial charge in [0.1, 0.15) is 5.75 Å². The van der Waals surface area contributed by atoms with Crippen LogP contribution in [0.25, 0.3) is 6.08 Å². The lowest BCUT2D eigenvalue weighted by Crippen LogP contribution is -2.39. The normalized spacial score (nSPS) is 23.6. The first-order chi connectivity index (χ1) is 16.8. The second-order valence-electron chi connectivity index (χ2n) is 9.33. The van der Waals surface area contributed by atoms with Crippen molar-refractivity contribution >= 4 is 23.6 Å². The summed E-state index contributed by atoms with van der Waals surface area (Å²) >= 11 is 0. The molecule has 0 bridgehead atoms. The van der Waals surface area contributed by atoms with Gasteiger partial charge in [0.05, 0.1) is 36.8 Å². The highest BCUT2D eigenvalue weighted by molar-refractivity contribution is 6.22. The van der Waals surface area contributed by atoms with E-state index in [0.717, 1.165) is 11.1 Å². The average Bonchev–Trinajstić information content (AvgIpc) is 3.11. The maximum absolute atomic E-state index is 13.4. The number of amides is 2. The summed E-state index contributed by atoms with van der Waals surface area (Å²) in [5.74, 6) is -2.75. The van der Waals surface area contributed by atoms with Crippen LogP contribution in [0.3, 0.4) is 0 Å². The van der Waals surface area contributed by atoms with Crippen LogP contribution in [0, 0.1) is 17.8 Å². The van der Waals surface area contributed by atoms with E-state index in [2.05, 4.69) is 0 Å². The van der Waals surface area contributed by atoms with E-state index in [-0.39, 0.29) is 30.6 Å². The molecule has 1 aliphatic carbocycles. The minimum atomic E-state index is -0.976. The maximum Gasteiger partial charge on any atom is 0.238 e. The van der Waals surface area contributed by atoms with Crippen molar-refractivity contribution in [3.05, 3.63) is 76.9 Å². The molecular formula is C28H31NO6. The van der Waals surface area contributed by atoms with Crippen molar-refractivity contribution < 1.29 is 30.0 Å². The summed E-state index contributed by atoms with van der Waals surface area (Å²) in [4.78, 5) is 27.7. The number of fused-ring (bicyclic) bond motifs is 1. The second-order valence-corrected chi connectivity index (χ2v) is 9.33. The van der Waals surface area contributed by atoms with E-state index in [1.165, 1.54) is 4.90 Å². The number of benzene rings is 2. The fourth-order valence-electron chi connectivity index (χ4n) is 5.43. The number of phenolic OH excluding ortho intramolecular Hbond substituents is 1. The monoisotopic (exact) mass is 477 g/mol. The Bertz CT molecular complexity index is 1160. The van der Waals surface area contributed by atoms with Crippen LogP contribution in [-0.2, 0) is 9.59 Å². The molecule has 0 unspecified atom stereocenters. The van der Waals surface area contributed by atoms with Gasteiger partial charge in [0.15, 0.2) is 0 Å². The lowest BCUT2D eigenvalue weighted by molar-refractivity contribution is -0.123. The number of hydrogen-bond acceptors (Lipinski definition) is 6. The number of imide groups is 1. The number of rotatable bonds is 8. The van der Waals surface area contributed by atoms with Crippen LogP contribution >= 0.6 is 0 Å². The van der Waals surface area contributed by atoms with E-state index in [1.54, 1.807) is 48.5 Å². The third-order valence-electron chi connectivity index (χ3n) is 7.04. The van der Waals surface area contributed by atoms with Gasteiger partial charge in [-0.05, 0) is 67.2 Å². The third-order valence-corrected chi connectivity index (χ3v) is 7.04. The zero-order valence-corrected chi connectivity index (χ0v) is 19.7. The molecule has 2 aliphatic rings. The van der Waals surface area contributed by atoms with Crippen LogP contribution < -0.4 is 4.90 Å². The number of carbonyl (C=O) groups excluding carboxylic acids is 2. The quantitative estimate of drug-likeness (QED) is 0.343. The predicted molar refractivity (Wildman–Crippen MR) is 132 cm³/mol. The van der Waals surface area contributed by atoms with Crippen molar-refractivity contribution in [2.75, 3.05) is 18.1 Å². The number of aromatic hydroxyl groups is 1. The smallest absolute Gasteiger partial charge is 0.238 e. The molecule has 1 heterocycles. The topological polar surface area (TPSA) is 118 Å². The van der Waals surface area contributed by atoms with Crippen molar-refractivity contribution in [1.29, 1.82) is 0 Å². The van der Waals surface area contributed by atoms with Gasteiger partial charge in [-0.3, -0.25) is 14.5 Å². The highest BCUT2D eigenvalue weighted by atomic mass is 16.3. The number of aliphatic hydroxyl groups is 3. The summed E-state index contributed by atoms with van der Waals surface area (Å²) in [5, 5.41) is 41.2. The lowest BCUT2D eigenvalue weighted by atomic mass is 9.68. The average molecular weight is 478 g/mol. The molecule has 0 aromatic heterocycles. The number of hydrogen-bond donors (Lipinski definition) is 4. The first-order valence-electron chi connectivity index (χ1n) is 11.9. The molecular weight excluding hydrogens is 446 g/mol. The first kappa shape index (κ1) is 24.9. The fourth-order valence-corrected chi connectivity index (χ4v) is 5.43. The van der Waals surface area contributed by atoms with Gasteiger partial charge < -0.3 is 20.4 Å². The van der Waals surface area contributed by atoms with E-state index in [1.807, 2.05) is 19.1 Å². The standard InChI is InChI=1S/C28H31NO6/c1-17(12-18-6-5-9-21(32)13-18)10-11-24(33)25-19(15-30)14-22-26(23(25)16-31)28(35)29(27(22)34)20-7-3-2-4-8-20/h2-9,12-13,22-24,26,30-33H,10-11,14-16H2,1H3/b17-12+/t22-,23+,24-,26-/m1/s1. The molecule has 4 atom stereocenters. The fraction of sp³-hybridized carbons (Fsp3) is 0.357. The van der Waals surface area contributed by atoms with Gasteiger partial charge in [0.25, 0.3) is 0 Å². The summed E-state index contributed by atoms with van der Waals surface area (Å²) in [5.41, 5.74) is 3.30. The molecule has 4 rings (SSSR count). The van der Waals surface area contributed by atoms with E-state index in [9.17, 15) is 30.0 Å². The molecule has 35 heavy (non-hydrogen) atoms. The molecule has 2 aromatic carbocycles. The van der Waals surface area contributed by atoms with Crippen molar-refractivity contribution in [1.82, 2.24) is 0 Å². The van der Waals surface area contributed by atoms with Crippen LogP contribution in [0.1, 0.15) is 31.7 Å². The lowest BCUT2D eigenvalue weighted by Gasteiger charge is -2.36. The Morgan fingerprint density at radius 2 is 1.83 bits per heavy atom. The Hall–Kier alpha value is -3.26. The van der Waals surface area contributed by atoms with Gasteiger partial charge in [-0.1, -0.05) is 42.0 Å². The van der Waals surface area contributed by atoms with E-state index < -0.39 is 30.5 Å². The Balaban J connectivity index is 1.56. The second kappa shape index (κ2) is 10.6. The Kier molecular flexibility index (Phi) is 7.50. The Morgan fingerprint density at radius 1 is 1.09 bits per heavy atom. The molecule has 0 radical (unpaired) electrons. The van der Waals surface area contributed by atoms with Crippen LogP contribution in [0.15, 0.2) is 71.3 Å². The van der Waals surface area contributed by atoms with Crippen LogP contribution in [0.4, 0.5) is 5.69 Å². The van der Waals surface area contributed by atoms with Gasteiger partial charge >= 0.3 is 0 Å². The van der Waals surface area contributed by atoms with Crippen molar-refractivity contribution in [2.45, 2.75) is 32.3 Å². The minimum Gasteiger partial charge on any atom is -0.508 e. The number of para-hydroxylation sites is 1. The van der Waals surface area contributed by atoms with Crippen LogP contribution in [0.5, 0.6) is 5.75 Å². The molecule has 1 saturated heterocycles. The molecule has 0 spiro atoms. The summed E-state index contributed by atoms with van der Waals surface area (Å²) in [6.45, 7) is 1.17. The van der Waals surface area contributed by atoms with Crippen molar-refractivity contribution in [3.63, 3.8) is 0 Å². The molecule has 7 nitrogen and oxygen atoms in total. The van der Waals surface area contributed by atoms with Gasteiger partial charge in [-0.25, -0.2) is 0 Å². The number of carbonyl (C=O) groups is 2. The number of phenols is 1. The van der Waals surface area contributed by atoms with Gasteiger partial charge in [-0.15, -0.1) is 0 Å². The van der Waals surface area contributed by atoms with Gasteiger partial charge in [0, 0.05) is 5.92 Å². The Morgan fingerprint density at radius 3 is 2.49 bits per heavy atom. The number of anilines is 1. The summed E-state index contributed by atoms with van der Waals surface area (Å²) < 4.78 is 0. The molecule has 2 amide bonds. The van der Waals surface area contributed by atoms with Crippen molar-refractivity contribution in [3.8, 4) is 5.75 Å². The number of allylic oxidation sites excluding steroid dienone is 1. The third kappa shape index (κ3) is 4.93. The predicted octanol–water partition coefficient (Wildman–Crippen LogP) is 3.04. The molecule has 0 saturated carbocycles. The zero-order chi connectivity index (χ0) is 25.1.